The molecule has 5 heteroatoms. The van der Waals surface area contributed by atoms with Gasteiger partial charge in [0.25, 0.3) is 0 Å². The third-order valence-electron chi connectivity index (χ3n) is 3.96. The van der Waals surface area contributed by atoms with Crippen molar-refractivity contribution in [2.24, 2.45) is 5.92 Å². The van der Waals surface area contributed by atoms with Gasteiger partial charge in [0, 0.05) is 24.2 Å². The highest BCUT2D eigenvalue weighted by Crippen LogP contribution is 2.17. The lowest BCUT2D eigenvalue weighted by molar-refractivity contribution is -0.125. The van der Waals surface area contributed by atoms with Gasteiger partial charge in [0.1, 0.15) is 0 Å². The maximum atomic E-state index is 12.3. The average molecular weight is 285 g/mol. The van der Waals surface area contributed by atoms with Crippen molar-refractivity contribution in [3.05, 3.63) is 42.1 Å². The topological polar surface area (TPSA) is 63.2 Å². The predicted octanol–water partition coefficient (Wildman–Crippen LogP) is 1.09. The fourth-order valence-electron chi connectivity index (χ4n) is 2.72. The highest BCUT2D eigenvalue weighted by Gasteiger charge is 2.32. The number of para-hydroxylation sites is 1. The lowest BCUT2D eigenvalue weighted by Gasteiger charge is -2.16. The summed E-state index contributed by atoms with van der Waals surface area (Å²) in [4.78, 5) is 16.7. The van der Waals surface area contributed by atoms with Crippen LogP contribution in [0.2, 0.25) is 0 Å². The van der Waals surface area contributed by atoms with Crippen LogP contribution >= 0.6 is 0 Å². The number of nitrogens with zero attached hydrogens (tertiary/aromatic N) is 1. The minimum absolute atomic E-state index is 0.0276. The Morgan fingerprint density at radius 2 is 2.19 bits per heavy atom. The van der Waals surface area contributed by atoms with Crippen molar-refractivity contribution in [2.45, 2.75) is 12.6 Å². The number of ether oxygens (including phenoxy) is 1. The second kappa shape index (κ2) is 6.20. The first-order valence-electron chi connectivity index (χ1n) is 7.15. The molecule has 2 atom stereocenters. The number of carbonyl (C=O) groups excluding carboxylic acids is 1. The van der Waals surface area contributed by atoms with Gasteiger partial charge in [-0.15, -0.1) is 0 Å². The fraction of sp³-hybridized carbons (Fsp3) is 0.375. The van der Waals surface area contributed by atoms with Crippen molar-refractivity contribution >= 4 is 16.8 Å². The van der Waals surface area contributed by atoms with Crippen LogP contribution < -0.4 is 10.6 Å². The van der Waals surface area contributed by atoms with E-state index >= 15 is 0 Å². The molecule has 21 heavy (non-hydrogen) atoms. The molecule has 110 valence electrons. The Morgan fingerprint density at radius 3 is 3.05 bits per heavy atom. The number of carbonyl (C=O) groups is 1. The van der Waals surface area contributed by atoms with E-state index in [1.165, 1.54) is 0 Å². The Morgan fingerprint density at radius 1 is 1.33 bits per heavy atom. The van der Waals surface area contributed by atoms with E-state index in [1.807, 2.05) is 37.4 Å². The van der Waals surface area contributed by atoms with E-state index in [0.29, 0.717) is 19.8 Å². The number of pyridine rings is 1. The van der Waals surface area contributed by atoms with Crippen molar-refractivity contribution in [3.8, 4) is 0 Å². The minimum Gasteiger partial charge on any atom is -0.379 e. The number of rotatable bonds is 4. The molecular weight excluding hydrogens is 266 g/mol. The van der Waals surface area contributed by atoms with Crippen LogP contribution in [0.3, 0.4) is 0 Å². The van der Waals surface area contributed by atoms with E-state index in [-0.39, 0.29) is 17.9 Å². The van der Waals surface area contributed by atoms with Gasteiger partial charge >= 0.3 is 0 Å². The number of amides is 1. The van der Waals surface area contributed by atoms with E-state index in [9.17, 15) is 4.79 Å². The third-order valence-corrected chi connectivity index (χ3v) is 3.96. The standard InChI is InChI=1S/C16H19N3O2/c1-17-14-10-21-9-13(14)16(20)19-8-12-5-2-4-11-6-3-7-18-15(11)12/h2-7,13-14,17H,8-10H2,1H3,(H,19,20). The van der Waals surface area contributed by atoms with E-state index in [4.69, 9.17) is 4.74 Å². The molecule has 5 nitrogen and oxygen atoms in total. The zero-order chi connectivity index (χ0) is 14.7. The Balaban J connectivity index is 1.70. The Labute approximate surface area is 123 Å². The highest BCUT2D eigenvalue weighted by molar-refractivity contribution is 5.83. The Bertz CT molecular complexity index is 639. The van der Waals surface area contributed by atoms with Crippen LogP contribution in [0, 0.1) is 5.92 Å². The molecule has 1 amide bonds. The van der Waals surface area contributed by atoms with E-state index in [1.54, 1.807) is 6.20 Å². The number of hydrogen-bond donors (Lipinski definition) is 2. The van der Waals surface area contributed by atoms with Crippen molar-refractivity contribution in [1.29, 1.82) is 0 Å². The van der Waals surface area contributed by atoms with Gasteiger partial charge in [-0.2, -0.15) is 0 Å². The van der Waals surface area contributed by atoms with E-state index in [2.05, 4.69) is 15.6 Å². The van der Waals surface area contributed by atoms with Crippen LogP contribution in [0.5, 0.6) is 0 Å². The summed E-state index contributed by atoms with van der Waals surface area (Å²) in [5.41, 5.74) is 1.97. The van der Waals surface area contributed by atoms with Gasteiger partial charge < -0.3 is 15.4 Å². The molecule has 3 rings (SSSR count). The summed E-state index contributed by atoms with van der Waals surface area (Å²) >= 11 is 0. The Kier molecular flexibility index (Phi) is 4.13. The van der Waals surface area contributed by atoms with Gasteiger partial charge in [0.05, 0.1) is 24.6 Å². The number of benzene rings is 1. The number of likely N-dealkylation sites (N-methyl/N-ethyl adjacent to an activating group) is 1. The summed E-state index contributed by atoms with van der Waals surface area (Å²) < 4.78 is 5.37. The lowest BCUT2D eigenvalue weighted by atomic mass is 10.0. The first-order valence-corrected chi connectivity index (χ1v) is 7.15. The van der Waals surface area contributed by atoms with Crippen LogP contribution in [0.1, 0.15) is 5.56 Å². The summed E-state index contributed by atoms with van der Waals surface area (Å²) in [5, 5.41) is 7.21. The van der Waals surface area contributed by atoms with Crippen LogP contribution in [0.25, 0.3) is 10.9 Å². The van der Waals surface area contributed by atoms with Gasteiger partial charge in [-0.25, -0.2) is 0 Å². The molecular formula is C16H19N3O2. The minimum atomic E-state index is -0.127. The van der Waals surface area contributed by atoms with E-state index < -0.39 is 0 Å². The molecule has 2 N–H and O–H groups in total. The van der Waals surface area contributed by atoms with Crippen molar-refractivity contribution in [1.82, 2.24) is 15.6 Å². The molecule has 0 aliphatic carbocycles. The molecule has 0 radical (unpaired) electrons. The van der Waals surface area contributed by atoms with Crippen LogP contribution in [-0.2, 0) is 16.1 Å². The van der Waals surface area contributed by atoms with Crippen LogP contribution in [0.4, 0.5) is 0 Å². The normalized spacial score (nSPS) is 21.6. The summed E-state index contributed by atoms with van der Waals surface area (Å²) in [7, 11) is 1.86. The van der Waals surface area contributed by atoms with Crippen molar-refractivity contribution < 1.29 is 9.53 Å². The monoisotopic (exact) mass is 285 g/mol. The zero-order valence-electron chi connectivity index (χ0n) is 12.0. The van der Waals surface area contributed by atoms with E-state index in [0.717, 1.165) is 16.5 Å². The molecule has 1 aromatic heterocycles. The predicted molar refractivity (Wildman–Crippen MR) is 80.7 cm³/mol. The molecule has 1 aliphatic rings. The number of fused-ring (bicyclic) bond motifs is 1. The highest BCUT2D eigenvalue weighted by atomic mass is 16.5. The van der Waals surface area contributed by atoms with Crippen molar-refractivity contribution in [2.75, 3.05) is 20.3 Å². The molecule has 1 saturated heterocycles. The molecule has 2 heterocycles. The molecule has 2 aromatic rings. The van der Waals surface area contributed by atoms with Crippen molar-refractivity contribution in [3.63, 3.8) is 0 Å². The number of aromatic nitrogens is 1. The number of hydrogen-bond acceptors (Lipinski definition) is 4. The maximum absolute atomic E-state index is 12.3. The molecule has 1 aliphatic heterocycles. The molecule has 0 bridgehead atoms. The lowest BCUT2D eigenvalue weighted by Crippen LogP contribution is -2.42. The Hall–Kier alpha value is -1.98. The number of nitrogens with one attached hydrogen (secondary N) is 2. The maximum Gasteiger partial charge on any atom is 0.227 e. The smallest absolute Gasteiger partial charge is 0.227 e. The summed E-state index contributed by atoms with van der Waals surface area (Å²) in [6, 6.07) is 10.0. The largest absolute Gasteiger partial charge is 0.379 e. The van der Waals surface area contributed by atoms with Gasteiger partial charge in [-0.1, -0.05) is 24.3 Å². The molecule has 0 saturated carbocycles. The summed E-state index contributed by atoms with van der Waals surface area (Å²) in [6.07, 6.45) is 1.77. The quantitative estimate of drug-likeness (QED) is 0.882. The molecule has 1 aromatic carbocycles. The molecule has 1 fully saturated rings. The fourth-order valence-corrected chi connectivity index (χ4v) is 2.72. The van der Waals surface area contributed by atoms with Gasteiger partial charge in [0.15, 0.2) is 0 Å². The third kappa shape index (κ3) is 2.89. The van der Waals surface area contributed by atoms with Gasteiger partial charge in [-0.3, -0.25) is 9.78 Å². The first-order chi connectivity index (χ1) is 10.3. The van der Waals surface area contributed by atoms with Gasteiger partial charge in [0.2, 0.25) is 5.91 Å². The molecule has 2 unspecified atom stereocenters. The van der Waals surface area contributed by atoms with Gasteiger partial charge in [-0.05, 0) is 18.7 Å². The summed E-state index contributed by atoms with van der Waals surface area (Å²) in [6.45, 7) is 1.55. The molecule has 0 spiro atoms. The first kappa shape index (κ1) is 14.0. The average Bonchev–Trinajstić information content (AvgIpc) is 3.01. The SMILES string of the molecule is CNC1COCC1C(=O)NCc1cccc2cccnc12. The van der Waals surface area contributed by atoms with Crippen LogP contribution in [0.15, 0.2) is 36.5 Å². The second-order valence-corrected chi connectivity index (χ2v) is 5.25. The van der Waals surface area contributed by atoms with Crippen LogP contribution in [-0.4, -0.2) is 37.2 Å². The zero-order valence-corrected chi connectivity index (χ0v) is 12.0. The second-order valence-electron chi connectivity index (χ2n) is 5.25. The summed E-state index contributed by atoms with van der Waals surface area (Å²) in [5.74, 6) is -0.0993.